The second kappa shape index (κ2) is 9.57. The fraction of sp³-hybridized carbons (Fsp3) is 0.308. The van der Waals surface area contributed by atoms with Gasteiger partial charge in [-0.2, -0.15) is 4.98 Å². The van der Waals surface area contributed by atoms with Gasteiger partial charge in [0.1, 0.15) is 5.75 Å². The van der Waals surface area contributed by atoms with Crippen LogP contribution in [0.4, 0.5) is 0 Å². The third-order valence-electron chi connectivity index (χ3n) is 5.56. The maximum Gasteiger partial charge on any atom is 0.258 e. The molecule has 4 heteroatoms. The van der Waals surface area contributed by atoms with Gasteiger partial charge in [0.25, 0.3) is 5.89 Å². The van der Waals surface area contributed by atoms with Crippen LogP contribution >= 0.6 is 0 Å². The molecule has 0 bridgehead atoms. The summed E-state index contributed by atoms with van der Waals surface area (Å²) in [5.74, 6) is 2.60. The summed E-state index contributed by atoms with van der Waals surface area (Å²) in [5, 5.41) is 6.53. The Morgan fingerprint density at radius 1 is 0.900 bits per heavy atom. The first-order valence-corrected chi connectivity index (χ1v) is 10.8. The lowest BCUT2D eigenvalue weighted by Crippen LogP contribution is -2.11. The minimum absolute atomic E-state index is 0.513. The van der Waals surface area contributed by atoms with E-state index >= 15 is 0 Å². The lowest BCUT2D eigenvalue weighted by molar-refractivity contribution is 0.233. The number of rotatable bonds is 9. The highest BCUT2D eigenvalue weighted by Gasteiger charge is 2.12. The molecule has 1 aromatic heterocycles. The van der Waals surface area contributed by atoms with E-state index in [4.69, 9.17) is 9.26 Å². The lowest BCUT2D eigenvalue weighted by Gasteiger charge is -2.15. The van der Waals surface area contributed by atoms with Crippen molar-refractivity contribution in [1.29, 1.82) is 0 Å². The van der Waals surface area contributed by atoms with E-state index in [9.17, 15) is 0 Å². The minimum atomic E-state index is 0.513. The van der Waals surface area contributed by atoms with E-state index < -0.39 is 0 Å². The SMILES string of the molecule is CCCCC(CC)COc1ccc(-c2nc(-c3ccc4ccccc4c3)no2)cc1. The van der Waals surface area contributed by atoms with Gasteiger partial charge >= 0.3 is 0 Å². The molecule has 4 nitrogen and oxygen atoms in total. The normalized spacial score (nSPS) is 12.2. The molecular weight excluding hydrogens is 372 g/mol. The number of aromatic nitrogens is 2. The third kappa shape index (κ3) is 4.70. The van der Waals surface area contributed by atoms with Crippen molar-refractivity contribution < 1.29 is 9.26 Å². The van der Waals surface area contributed by atoms with Gasteiger partial charge < -0.3 is 9.26 Å². The van der Waals surface area contributed by atoms with Gasteiger partial charge in [0, 0.05) is 11.1 Å². The number of fused-ring (bicyclic) bond motifs is 1. The van der Waals surface area contributed by atoms with Crippen LogP contribution in [0.2, 0.25) is 0 Å². The highest BCUT2D eigenvalue weighted by atomic mass is 16.5. The number of unbranched alkanes of at least 4 members (excludes halogenated alkanes) is 1. The Balaban J connectivity index is 1.44. The van der Waals surface area contributed by atoms with Crippen LogP contribution < -0.4 is 4.74 Å². The maximum absolute atomic E-state index is 6.00. The number of benzene rings is 3. The molecule has 1 unspecified atom stereocenters. The molecule has 0 aliphatic rings. The molecule has 0 N–H and O–H groups in total. The topological polar surface area (TPSA) is 48.2 Å². The fourth-order valence-corrected chi connectivity index (χ4v) is 3.59. The van der Waals surface area contributed by atoms with Crippen LogP contribution in [0.15, 0.2) is 71.3 Å². The van der Waals surface area contributed by atoms with Crippen LogP contribution in [0.1, 0.15) is 39.5 Å². The van der Waals surface area contributed by atoms with Gasteiger partial charge in [0.2, 0.25) is 5.82 Å². The fourth-order valence-electron chi connectivity index (χ4n) is 3.59. The monoisotopic (exact) mass is 400 g/mol. The largest absolute Gasteiger partial charge is 0.493 e. The van der Waals surface area contributed by atoms with Gasteiger partial charge in [-0.3, -0.25) is 0 Å². The summed E-state index contributed by atoms with van der Waals surface area (Å²) in [6.07, 6.45) is 4.87. The number of hydrogen-bond donors (Lipinski definition) is 0. The van der Waals surface area contributed by atoms with E-state index in [-0.39, 0.29) is 0 Å². The standard InChI is InChI=1S/C26H28N2O2/c1-3-5-8-19(4-2)18-29-24-15-13-21(14-16-24)26-27-25(28-30-26)23-12-11-20-9-6-7-10-22(20)17-23/h6-7,9-17,19H,3-5,8,18H2,1-2H3. The summed E-state index contributed by atoms with van der Waals surface area (Å²) in [4.78, 5) is 4.59. The Bertz CT molecular complexity index is 1090. The van der Waals surface area contributed by atoms with Gasteiger partial charge in [-0.25, -0.2) is 0 Å². The molecule has 0 amide bonds. The zero-order valence-electron chi connectivity index (χ0n) is 17.7. The van der Waals surface area contributed by atoms with E-state index in [2.05, 4.69) is 48.3 Å². The number of hydrogen-bond acceptors (Lipinski definition) is 4. The molecule has 1 atom stereocenters. The molecule has 4 aromatic rings. The summed E-state index contributed by atoms with van der Waals surface area (Å²) >= 11 is 0. The maximum atomic E-state index is 6.00. The van der Waals surface area contributed by atoms with E-state index in [1.54, 1.807) is 0 Å². The Morgan fingerprint density at radius 3 is 2.43 bits per heavy atom. The highest BCUT2D eigenvalue weighted by Crippen LogP contribution is 2.26. The Labute approximate surface area is 177 Å². The first-order valence-electron chi connectivity index (χ1n) is 10.8. The van der Waals surface area contributed by atoms with Crippen molar-refractivity contribution in [2.75, 3.05) is 6.61 Å². The zero-order valence-corrected chi connectivity index (χ0v) is 17.7. The summed E-state index contributed by atoms with van der Waals surface area (Å²) in [6.45, 7) is 5.23. The van der Waals surface area contributed by atoms with E-state index in [1.807, 2.05) is 42.5 Å². The van der Waals surface area contributed by atoms with E-state index in [0.717, 1.165) is 35.3 Å². The number of ether oxygens (including phenoxy) is 1. The Kier molecular flexibility index (Phi) is 6.43. The minimum Gasteiger partial charge on any atom is -0.493 e. The van der Waals surface area contributed by atoms with Crippen LogP contribution in [0.5, 0.6) is 5.75 Å². The average molecular weight is 401 g/mol. The van der Waals surface area contributed by atoms with Crippen molar-refractivity contribution in [3.63, 3.8) is 0 Å². The number of nitrogens with zero attached hydrogens (tertiary/aromatic N) is 2. The van der Waals surface area contributed by atoms with Gasteiger partial charge in [-0.15, -0.1) is 0 Å². The predicted octanol–water partition coefficient (Wildman–Crippen LogP) is 7.15. The van der Waals surface area contributed by atoms with Crippen molar-refractivity contribution >= 4 is 10.8 Å². The predicted molar refractivity (Wildman–Crippen MR) is 121 cm³/mol. The van der Waals surface area contributed by atoms with E-state index in [1.165, 1.54) is 24.6 Å². The molecule has 0 spiro atoms. The van der Waals surface area contributed by atoms with Gasteiger partial charge in [-0.05, 0) is 53.4 Å². The molecule has 154 valence electrons. The van der Waals surface area contributed by atoms with Gasteiger partial charge in [0.05, 0.1) is 6.61 Å². The molecule has 0 aliphatic carbocycles. The van der Waals surface area contributed by atoms with Crippen molar-refractivity contribution in [2.45, 2.75) is 39.5 Å². The third-order valence-corrected chi connectivity index (χ3v) is 5.56. The first kappa shape index (κ1) is 20.1. The summed E-state index contributed by atoms with van der Waals surface area (Å²) < 4.78 is 11.5. The van der Waals surface area contributed by atoms with Crippen LogP contribution in [-0.2, 0) is 0 Å². The van der Waals surface area contributed by atoms with Crippen LogP contribution in [0.3, 0.4) is 0 Å². The molecule has 0 saturated heterocycles. The summed E-state index contributed by atoms with van der Waals surface area (Å²) in [7, 11) is 0. The van der Waals surface area contributed by atoms with Crippen LogP contribution in [-0.4, -0.2) is 16.7 Å². The Hall–Kier alpha value is -3.14. The molecule has 30 heavy (non-hydrogen) atoms. The van der Waals surface area contributed by atoms with Crippen molar-refractivity contribution in [3.05, 3.63) is 66.7 Å². The first-order chi connectivity index (χ1) is 14.8. The van der Waals surface area contributed by atoms with Gasteiger partial charge in [0.15, 0.2) is 0 Å². The van der Waals surface area contributed by atoms with Crippen molar-refractivity contribution in [1.82, 2.24) is 10.1 Å². The highest BCUT2D eigenvalue weighted by molar-refractivity contribution is 5.86. The van der Waals surface area contributed by atoms with Gasteiger partial charge in [-0.1, -0.05) is 74.7 Å². The molecule has 3 aromatic carbocycles. The Morgan fingerprint density at radius 2 is 1.67 bits per heavy atom. The molecule has 1 heterocycles. The summed E-state index contributed by atoms with van der Waals surface area (Å²) in [6, 6.07) is 22.3. The molecule has 0 radical (unpaired) electrons. The van der Waals surface area contributed by atoms with Crippen LogP contribution in [0, 0.1) is 5.92 Å². The quantitative estimate of drug-likeness (QED) is 0.299. The lowest BCUT2D eigenvalue weighted by atomic mass is 10.0. The molecular formula is C26H28N2O2. The van der Waals surface area contributed by atoms with Crippen molar-refractivity contribution in [2.24, 2.45) is 5.92 Å². The molecule has 0 fully saturated rings. The molecule has 4 rings (SSSR count). The molecule has 0 aliphatic heterocycles. The van der Waals surface area contributed by atoms with Crippen LogP contribution in [0.25, 0.3) is 33.6 Å². The zero-order chi connectivity index (χ0) is 20.8. The average Bonchev–Trinajstić information content (AvgIpc) is 3.29. The van der Waals surface area contributed by atoms with E-state index in [0.29, 0.717) is 17.6 Å². The molecule has 0 saturated carbocycles. The summed E-state index contributed by atoms with van der Waals surface area (Å²) in [5.41, 5.74) is 1.83. The smallest absolute Gasteiger partial charge is 0.258 e. The second-order valence-electron chi connectivity index (χ2n) is 7.74. The second-order valence-corrected chi connectivity index (χ2v) is 7.74. The van der Waals surface area contributed by atoms with Crippen molar-refractivity contribution in [3.8, 4) is 28.6 Å².